The second-order valence-corrected chi connectivity index (χ2v) is 12.7. The highest BCUT2D eigenvalue weighted by Crippen LogP contribution is 2.37. The highest BCUT2D eigenvalue weighted by atomic mass is 16.6. The van der Waals surface area contributed by atoms with E-state index >= 15 is 0 Å². The van der Waals surface area contributed by atoms with Crippen LogP contribution in [0.5, 0.6) is 11.6 Å². The minimum Gasteiger partial charge on any atom is -0.444 e. The van der Waals surface area contributed by atoms with Crippen molar-refractivity contribution in [2.45, 2.75) is 65.0 Å². The summed E-state index contributed by atoms with van der Waals surface area (Å²) in [6, 6.07) is 22.3. The molecule has 0 saturated carbocycles. The van der Waals surface area contributed by atoms with Gasteiger partial charge in [-0.2, -0.15) is 0 Å². The van der Waals surface area contributed by atoms with Gasteiger partial charge in [0.2, 0.25) is 11.8 Å². The number of carbonyl (C=O) groups is 1. The van der Waals surface area contributed by atoms with Gasteiger partial charge in [0.15, 0.2) is 0 Å². The molecule has 3 aromatic heterocycles. The normalized spacial score (nSPS) is 15.0. The number of likely N-dealkylation sites (tertiary alicyclic amines) is 1. The van der Waals surface area contributed by atoms with Gasteiger partial charge < -0.3 is 19.7 Å². The van der Waals surface area contributed by atoms with Crippen molar-refractivity contribution in [1.29, 1.82) is 0 Å². The topological polar surface area (TPSA) is 102 Å². The highest BCUT2D eigenvalue weighted by Gasteiger charge is 2.28. The number of nitrogens with zero attached hydrogens (tertiary/aromatic N) is 5. The molecule has 1 aliphatic heterocycles. The van der Waals surface area contributed by atoms with Gasteiger partial charge in [0.1, 0.15) is 11.4 Å². The third-order valence-corrected chi connectivity index (χ3v) is 7.98. The number of anilines is 1. The maximum absolute atomic E-state index is 12.7. The van der Waals surface area contributed by atoms with E-state index in [0.717, 1.165) is 59.0 Å². The zero-order valence-electron chi connectivity index (χ0n) is 26.9. The van der Waals surface area contributed by atoms with Crippen molar-refractivity contribution < 1.29 is 14.3 Å². The molecular formula is C37H40N6O3. The van der Waals surface area contributed by atoms with Crippen LogP contribution in [0.3, 0.4) is 0 Å². The summed E-state index contributed by atoms with van der Waals surface area (Å²) in [6.45, 7) is 8.88. The quantitative estimate of drug-likeness (QED) is 0.189. The molecule has 2 aromatic carbocycles. The molecule has 0 spiro atoms. The van der Waals surface area contributed by atoms with Crippen LogP contribution in [-0.4, -0.2) is 55.7 Å². The average molecular weight is 617 g/mol. The molecule has 1 saturated heterocycles. The molecule has 0 aliphatic carbocycles. The molecule has 1 N–H and O–H groups in total. The Labute approximate surface area is 270 Å². The summed E-state index contributed by atoms with van der Waals surface area (Å²) in [7, 11) is 0. The second-order valence-electron chi connectivity index (χ2n) is 12.7. The summed E-state index contributed by atoms with van der Waals surface area (Å²) in [6.07, 6.45) is 8.50. The number of hydrogen-bond donors (Lipinski definition) is 1. The first-order chi connectivity index (χ1) is 22.2. The number of pyridine rings is 2. The van der Waals surface area contributed by atoms with E-state index in [1.165, 1.54) is 5.56 Å². The Kier molecular flexibility index (Phi) is 9.10. The Morgan fingerprint density at radius 1 is 0.913 bits per heavy atom. The summed E-state index contributed by atoms with van der Waals surface area (Å²) in [5, 5.41) is 5.62. The monoisotopic (exact) mass is 616 g/mol. The largest absolute Gasteiger partial charge is 0.444 e. The van der Waals surface area contributed by atoms with Gasteiger partial charge in [0.05, 0.1) is 11.3 Å². The summed E-state index contributed by atoms with van der Waals surface area (Å²) in [5.41, 5.74) is 4.25. The van der Waals surface area contributed by atoms with Crippen LogP contribution in [0.15, 0.2) is 85.3 Å². The molecule has 9 nitrogen and oxygen atoms in total. The number of aromatic nitrogens is 4. The Hall–Kier alpha value is -5.05. The molecule has 1 aliphatic rings. The van der Waals surface area contributed by atoms with E-state index in [9.17, 15) is 4.79 Å². The van der Waals surface area contributed by atoms with Crippen LogP contribution in [-0.2, 0) is 17.6 Å². The Morgan fingerprint density at radius 2 is 1.78 bits per heavy atom. The molecule has 1 atom stereocenters. The van der Waals surface area contributed by atoms with E-state index in [4.69, 9.17) is 14.5 Å². The zero-order chi connectivity index (χ0) is 32.1. The molecule has 0 bridgehead atoms. The summed E-state index contributed by atoms with van der Waals surface area (Å²) >= 11 is 0. The zero-order valence-corrected chi connectivity index (χ0v) is 26.9. The first-order valence-corrected chi connectivity index (χ1v) is 15.9. The van der Waals surface area contributed by atoms with Crippen molar-refractivity contribution in [2.24, 2.45) is 0 Å². The van der Waals surface area contributed by atoms with Crippen LogP contribution in [0, 0.1) is 6.92 Å². The maximum Gasteiger partial charge on any atom is 0.410 e. The van der Waals surface area contributed by atoms with E-state index in [0.29, 0.717) is 30.6 Å². The van der Waals surface area contributed by atoms with Crippen LogP contribution < -0.4 is 10.1 Å². The van der Waals surface area contributed by atoms with Crippen LogP contribution in [0.25, 0.3) is 22.0 Å². The Morgan fingerprint density at radius 3 is 2.61 bits per heavy atom. The molecule has 4 heterocycles. The molecule has 6 rings (SSSR count). The van der Waals surface area contributed by atoms with Crippen LogP contribution >= 0.6 is 0 Å². The van der Waals surface area contributed by atoms with Gasteiger partial charge in [0.25, 0.3) is 0 Å². The number of carbonyl (C=O) groups excluding carboxylic acids is 1. The van der Waals surface area contributed by atoms with E-state index in [-0.39, 0.29) is 12.1 Å². The molecule has 1 amide bonds. The molecular weight excluding hydrogens is 576 g/mol. The lowest BCUT2D eigenvalue weighted by molar-refractivity contribution is 0.0206. The first-order valence-electron chi connectivity index (χ1n) is 15.9. The fraction of sp³-hybridized carbons (Fsp3) is 0.324. The number of fused-ring (bicyclic) bond motifs is 1. The molecule has 46 heavy (non-hydrogen) atoms. The number of amides is 1. The number of nitrogens with one attached hydrogen (secondary N) is 1. The van der Waals surface area contributed by atoms with Crippen molar-refractivity contribution in [3.05, 3.63) is 102 Å². The maximum atomic E-state index is 12.7. The van der Waals surface area contributed by atoms with Crippen molar-refractivity contribution >= 4 is 22.8 Å². The molecule has 1 fully saturated rings. The number of rotatable bonds is 8. The predicted molar refractivity (Wildman–Crippen MR) is 180 cm³/mol. The van der Waals surface area contributed by atoms with E-state index < -0.39 is 5.60 Å². The number of ether oxygens (including phenoxy) is 2. The SMILES string of the molecule is Cc1ccc2c(CCc3ccccn3)cccc2c1Oc1ncccc1-c1ccnc(N[C@H]2CCCN(C(=O)OC(C)(C)C)C2)n1. The van der Waals surface area contributed by atoms with Crippen LogP contribution in [0.2, 0.25) is 0 Å². The van der Waals surface area contributed by atoms with E-state index in [2.05, 4.69) is 63.6 Å². The standard InChI is InChI=1S/C37H40N6O3/c1-25-15-18-29-26(16-17-27-11-5-6-20-38-27)10-7-13-30(29)33(25)45-34-31(14-8-21-39-34)32-19-22-40-35(42-32)41-28-12-9-23-43(24-28)36(44)46-37(2,3)4/h5-8,10-11,13-15,18-22,28H,9,12,16-17,23-24H2,1-4H3,(H,40,41,42)/t28-/m0/s1. The summed E-state index contributed by atoms with van der Waals surface area (Å²) in [5.74, 6) is 1.73. The summed E-state index contributed by atoms with van der Waals surface area (Å²) < 4.78 is 12.2. The molecule has 236 valence electrons. The predicted octanol–water partition coefficient (Wildman–Crippen LogP) is 7.78. The lowest BCUT2D eigenvalue weighted by Gasteiger charge is -2.34. The van der Waals surface area contributed by atoms with Crippen LogP contribution in [0.4, 0.5) is 10.7 Å². The minimum absolute atomic E-state index is 0.00587. The minimum atomic E-state index is -0.536. The lowest BCUT2D eigenvalue weighted by atomic mass is 9.97. The number of piperidine rings is 1. The third-order valence-electron chi connectivity index (χ3n) is 7.98. The fourth-order valence-electron chi connectivity index (χ4n) is 5.78. The van der Waals surface area contributed by atoms with Crippen molar-refractivity contribution in [2.75, 3.05) is 18.4 Å². The van der Waals surface area contributed by atoms with Gasteiger partial charge in [-0.1, -0.05) is 36.4 Å². The average Bonchev–Trinajstić information content (AvgIpc) is 3.05. The van der Waals surface area contributed by atoms with E-state index in [1.54, 1.807) is 17.3 Å². The van der Waals surface area contributed by atoms with Crippen molar-refractivity contribution in [1.82, 2.24) is 24.8 Å². The number of hydrogen-bond acceptors (Lipinski definition) is 8. The smallest absolute Gasteiger partial charge is 0.410 e. The van der Waals surface area contributed by atoms with Gasteiger partial charge >= 0.3 is 6.09 Å². The molecule has 0 radical (unpaired) electrons. The number of benzene rings is 2. The second kappa shape index (κ2) is 13.5. The third kappa shape index (κ3) is 7.42. The molecule has 9 heteroatoms. The molecule has 5 aromatic rings. The van der Waals surface area contributed by atoms with Crippen molar-refractivity contribution in [3.8, 4) is 22.9 Å². The Bertz CT molecular complexity index is 1820. The Balaban J connectivity index is 1.22. The van der Waals surface area contributed by atoms with Gasteiger partial charge in [0, 0.05) is 48.8 Å². The number of aryl methyl sites for hydroxylation is 3. The van der Waals surface area contributed by atoms with Gasteiger partial charge in [-0.3, -0.25) is 4.98 Å². The van der Waals surface area contributed by atoms with Gasteiger partial charge in [-0.25, -0.2) is 19.7 Å². The van der Waals surface area contributed by atoms with Gasteiger partial charge in [-0.05, 0) is 100 Å². The van der Waals surface area contributed by atoms with Crippen molar-refractivity contribution in [3.63, 3.8) is 0 Å². The highest BCUT2D eigenvalue weighted by molar-refractivity contribution is 5.92. The lowest BCUT2D eigenvalue weighted by Crippen LogP contribution is -2.47. The molecule has 0 unspecified atom stereocenters. The summed E-state index contributed by atoms with van der Waals surface area (Å²) in [4.78, 5) is 32.9. The first kappa shape index (κ1) is 31.0. The van der Waals surface area contributed by atoms with Crippen LogP contribution in [0.1, 0.15) is 50.4 Å². The van der Waals surface area contributed by atoms with Gasteiger partial charge in [-0.15, -0.1) is 0 Å². The van der Waals surface area contributed by atoms with E-state index in [1.807, 2.05) is 57.3 Å². The fourth-order valence-corrected chi connectivity index (χ4v) is 5.78.